The Morgan fingerprint density at radius 1 is 1.22 bits per heavy atom. The number of hydrogen-bond acceptors (Lipinski definition) is 4. The Balaban J connectivity index is 1.46. The van der Waals surface area contributed by atoms with Crippen molar-refractivity contribution in [1.29, 1.82) is 0 Å². The van der Waals surface area contributed by atoms with Crippen molar-refractivity contribution < 1.29 is 14.4 Å². The molecule has 2 N–H and O–H groups in total. The van der Waals surface area contributed by atoms with Gasteiger partial charge in [-0.2, -0.15) is 5.10 Å². The lowest BCUT2D eigenvalue weighted by Crippen LogP contribution is -2.33. The predicted molar refractivity (Wildman–Crippen MR) is 100 cm³/mol. The second-order valence-corrected chi connectivity index (χ2v) is 6.55. The lowest BCUT2D eigenvalue weighted by Gasteiger charge is -2.12. The fourth-order valence-electron chi connectivity index (χ4n) is 3.11. The number of rotatable bonds is 7. The highest BCUT2D eigenvalue weighted by molar-refractivity contribution is 6.21. The Bertz CT molecular complexity index is 846. The standard InChI is InChI=1S/C19H23N5O3/c1-13-12-14(2)23(22-13)11-10-20-17(25)9-8-16-18(26)24(19(27)21-16)15-6-4-3-5-7-15/h3-7,12,16H,8-11H2,1-2H3,(H,20,25)(H,21,27). The van der Waals surface area contributed by atoms with Crippen molar-refractivity contribution in [3.05, 3.63) is 47.8 Å². The number of amides is 4. The number of aromatic nitrogens is 2. The molecule has 1 aromatic heterocycles. The van der Waals surface area contributed by atoms with Crippen LogP contribution in [0.4, 0.5) is 10.5 Å². The van der Waals surface area contributed by atoms with Crippen LogP contribution in [-0.4, -0.2) is 40.2 Å². The lowest BCUT2D eigenvalue weighted by molar-refractivity contribution is -0.121. The van der Waals surface area contributed by atoms with Gasteiger partial charge in [-0.25, -0.2) is 9.69 Å². The number of urea groups is 1. The summed E-state index contributed by atoms with van der Waals surface area (Å²) in [6.07, 6.45) is 0.427. The monoisotopic (exact) mass is 369 g/mol. The zero-order valence-corrected chi connectivity index (χ0v) is 15.4. The molecule has 1 aliphatic rings. The maximum Gasteiger partial charge on any atom is 0.329 e. The van der Waals surface area contributed by atoms with Crippen LogP contribution in [0.15, 0.2) is 36.4 Å². The molecule has 1 unspecified atom stereocenters. The number of anilines is 1. The van der Waals surface area contributed by atoms with Gasteiger partial charge in [0.15, 0.2) is 0 Å². The lowest BCUT2D eigenvalue weighted by atomic mass is 10.1. The highest BCUT2D eigenvalue weighted by Gasteiger charge is 2.38. The highest BCUT2D eigenvalue weighted by atomic mass is 16.2. The molecule has 2 heterocycles. The second-order valence-electron chi connectivity index (χ2n) is 6.55. The van der Waals surface area contributed by atoms with Crippen molar-refractivity contribution in [2.75, 3.05) is 11.4 Å². The molecule has 0 aliphatic carbocycles. The van der Waals surface area contributed by atoms with E-state index in [2.05, 4.69) is 15.7 Å². The molecule has 1 atom stereocenters. The summed E-state index contributed by atoms with van der Waals surface area (Å²) in [5, 5.41) is 9.81. The summed E-state index contributed by atoms with van der Waals surface area (Å²) in [7, 11) is 0. The first-order chi connectivity index (χ1) is 13.0. The van der Waals surface area contributed by atoms with Crippen LogP contribution in [0, 0.1) is 13.8 Å². The minimum Gasteiger partial charge on any atom is -0.354 e. The summed E-state index contributed by atoms with van der Waals surface area (Å²) in [5.41, 5.74) is 2.51. The molecule has 1 fully saturated rings. The summed E-state index contributed by atoms with van der Waals surface area (Å²) in [6.45, 7) is 4.94. The quantitative estimate of drug-likeness (QED) is 0.723. The zero-order valence-electron chi connectivity index (χ0n) is 15.4. The Kier molecular flexibility index (Phi) is 5.54. The summed E-state index contributed by atoms with van der Waals surface area (Å²) in [4.78, 5) is 37.7. The minimum atomic E-state index is -0.681. The summed E-state index contributed by atoms with van der Waals surface area (Å²) < 4.78 is 1.84. The highest BCUT2D eigenvalue weighted by Crippen LogP contribution is 2.20. The van der Waals surface area contributed by atoms with E-state index in [9.17, 15) is 14.4 Å². The maximum atomic E-state index is 12.5. The normalized spacial score (nSPS) is 16.5. The maximum absolute atomic E-state index is 12.5. The third-order valence-electron chi connectivity index (χ3n) is 4.44. The van der Waals surface area contributed by atoms with Crippen LogP contribution in [-0.2, 0) is 16.1 Å². The van der Waals surface area contributed by atoms with E-state index in [4.69, 9.17) is 0 Å². The average molecular weight is 369 g/mol. The third kappa shape index (κ3) is 4.33. The molecule has 0 spiro atoms. The summed E-state index contributed by atoms with van der Waals surface area (Å²) >= 11 is 0. The van der Waals surface area contributed by atoms with Crippen molar-refractivity contribution in [1.82, 2.24) is 20.4 Å². The summed E-state index contributed by atoms with van der Waals surface area (Å²) in [6, 6.07) is 9.58. The van der Waals surface area contributed by atoms with Crippen molar-refractivity contribution in [2.24, 2.45) is 0 Å². The number of carbonyl (C=O) groups is 3. The summed E-state index contributed by atoms with van der Waals surface area (Å²) in [5.74, 6) is -0.488. The van der Waals surface area contributed by atoms with E-state index < -0.39 is 12.1 Å². The zero-order chi connectivity index (χ0) is 19.4. The fourth-order valence-corrected chi connectivity index (χ4v) is 3.11. The molecule has 4 amide bonds. The van der Waals surface area contributed by atoms with Crippen molar-refractivity contribution in [2.45, 2.75) is 39.3 Å². The van der Waals surface area contributed by atoms with E-state index in [1.54, 1.807) is 24.3 Å². The molecule has 0 bridgehead atoms. The number of imide groups is 1. The topological polar surface area (TPSA) is 96.3 Å². The van der Waals surface area contributed by atoms with Crippen molar-refractivity contribution >= 4 is 23.5 Å². The first-order valence-electron chi connectivity index (χ1n) is 8.93. The number of nitrogens with zero attached hydrogens (tertiary/aromatic N) is 3. The molecule has 8 nitrogen and oxygen atoms in total. The third-order valence-corrected chi connectivity index (χ3v) is 4.44. The molecule has 27 heavy (non-hydrogen) atoms. The second kappa shape index (κ2) is 8.03. The Hall–Kier alpha value is -3.16. The van der Waals surface area contributed by atoms with Gasteiger partial charge in [0, 0.05) is 18.7 Å². The van der Waals surface area contributed by atoms with Crippen LogP contribution >= 0.6 is 0 Å². The number of benzene rings is 1. The van der Waals surface area contributed by atoms with Gasteiger partial charge < -0.3 is 10.6 Å². The molecule has 2 aromatic rings. The van der Waals surface area contributed by atoms with E-state index in [1.165, 1.54) is 0 Å². The van der Waals surface area contributed by atoms with Gasteiger partial charge in [0.05, 0.1) is 17.9 Å². The average Bonchev–Trinajstić information content (AvgIpc) is 3.11. The molecule has 1 aromatic carbocycles. The van der Waals surface area contributed by atoms with Gasteiger partial charge in [-0.15, -0.1) is 0 Å². The molecule has 8 heteroatoms. The SMILES string of the molecule is Cc1cc(C)n(CCNC(=O)CCC2NC(=O)N(c3ccccc3)C2=O)n1. The van der Waals surface area contributed by atoms with Gasteiger partial charge in [-0.3, -0.25) is 14.3 Å². The van der Waals surface area contributed by atoms with Crippen molar-refractivity contribution in [3.63, 3.8) is 0 Å². The number of aryl methyl sites for hydroxylation is 2. The van der Waals surface area contributed by atoms with Crippen molar-refractivity contribution in [3.8, 4) is 0 Å². The largest absolute Gasteiger partial charge is 0.354 e. The molecule has 0 saturated carbocycles. The Labute approximate surface area is 157 Å². The predicted octanol–water partition coefficient (Wildman–Crippen LogP) is 1.52. The first-order valence-corrected chi connectivity index (χ1v) is 8.93. The number of hydrogen-bond donors (Lipinski definition) is 2. The Morgan fingerprint density at radius 3 is 2.63 bits per heavy atom. The number of para-hydroxylation sites is 1. The van der Waals surface area contributed by atoms with Gasteiger partial charge in [0.1, 0.15) is 6.04 Å². The van der Waals surface area contributed by atoms with Crippen LogP contribution in [0.1, 0.15) is 24.2 Å². The fraction of sp³-hybridized carbons (Fsp3) is 0.368. The van der Waals surface area contributed by atoms with Crippen LogP contribution in [0.5, 0.6) is 0 Å². The first kappa shape index (κ1) is 18.6. The number of nitrogens with one attached hydrogen (secondary N) is 2. The Morgan fingerprint density at radius 2 is 1.96 bits per heavy atom. The van der Waals surface area contributed by atoms with E-state index in [0.29, 0.717) is 18.8 Å². The van der Waals surface area contributed by atoms with Gasteiger partial charge in [0.2, 0.25) is 5.91 Å². The minimum absolute atomic E-state index is 0.156. The van der Waals surface area contributed by atoms with Crippen LogP contribution in [0.3, 0.4) is 0 Å². The van der Waals surface area contributed by atoms with Gasteiger partial charge >= 0.3 is 6.03 Å². The molecule has 1 saturated heterocycles. The van der Waals surface area contributed by atoms with E-state index >= 15 is 0 Å². The molecule has 1 aliphatic heterocycles. The molecular weight excluding hydrogens is 346 g/mol. The van der Waals surface area contributed by atoms with Crippen LogP contribution in [0.25, 0.3) is 0 Å². The molecular formula is C19H23N5O3. The van der Waals surface area contributed by atoms with Crippen LogP contribution < -0.4 is 15.5 Å². The van der Waals surface area contributed by atoms with Gasteiger partial charge in [-0.05, 0) is 38.5 Å². The molecule has 3 rings (SSSR count). The molecule has 142 valence electrons. The van der Waals surface area contributed by atoms with E-state index in [1.807, 2.05) is 30.7 Å². The number of carbonyl (C=O) groups excluding carboxylic acids is 3. The van der Waals surface area contributed by atoms with E-state index in [0.717, 1.165) is 16.3 Å². The smallest absolute Gasteiger partial charge is 0.329 e. The van der Waals surface area contributed by atoms with Gasteiger partial charge in [-0.1, -0.05) is 18.2 Å². The van der Waals surface area contributed by atoms with Crippen LogP contribution in [0.2, 0.25) is 0 Å². The van der Waals surface area contributed by atoms with Gasteiger partial charge in [0.25, 0.3) is 5.91 Å². The van der Waals surface area contributed by atoms with E-state index in [-0.39, 0.29) is 24.7 Å². The molecule has 0 radical (unpaired) electrons.